The summed E-state index contributed by atoms with van der Waals surface area (Å²) >= 11 is 0. The number of anilines is 2. The highest BCUT2D eigenvalue weighted by molar-refractivity contribution is 5.95. The summed E-state index contributed by atoms with van der Waals surface area (Å²) in [7, 11) is 0. The lowest BCUT2D eigenvalue weighted by atomic mass is 10.1. The zero-order valence-electron chi connectivity index (χ0n) is 25.0. The van der Waals surface area contributed by atoms with E-state index in [-0.39, 0.29) is 37.1 Å². The number of benzene rings is 2. The summed E-state index contributed by atoms with van der Waals surface area (Å²) in [5.41, 5.74) is 2.49. The SMILES string of the molecule is O=C(CCc1ccccc1)NCC1CN(c2ccc(N3CCN(C(=O)CNC(=O)c4cn5ccncc5n4)CC3)c(F)c2)C(=O)O1. The fourth-order valence-corrected chi connectivity index (χ4v) is 5.48. The monoisotopic (exact) mass is 628 g/mol. The lowest BCUT2D eigenvalue weighted by molar-refractivity contribution is -0.130. The van der Waals surface area contributed by atoms with Crippen LogP contribution in [-0.2, 0) is 20.7 Å². The van der Waals surface area contributed by atoms with Crippen LogP contribution in [0.2, 0.25) is 0 Å². The van der Waals surface area contributed by atoms with Gasteiger partial charge in [0.25, 0.3) is 5.91 Å². The first-order valence-electron chi connectivity index (χ1n) is 15.0. The summed E-state index contributed by atoms with van der Waals surface area (Å²) in [6, 6.07) is 14.3. The highest BCUT2D eigenvalue weighted by Gasteiger charge is 2.33. The maximum atomic E-state index is 15.3. The summed E-state index contributed by atoms with van der Waals surface area (Å²) in [5.74, 6) is -1.35. The normalized spacial score (nSPS) is 16.4. The number of amides is 4. The number of piperazine rings is 1. The Morgan fingerprint density at radius 2 is 1.83 bits per heavy atom. The van der Waals surface area contributed by atoms with E-state index in [4.69, 9.17) is 4.74 Å². The standard InChI is InChI=1S/C32H33FN8O5/c33-25-16-23(41-20-24(46-32(41)45)17-35-29(42)9-6-22-4-2-1-3-5-22)7-8-27(25)38-12-14-39(15-13-38)30(43)19-36-31(44)26-21-40-11-10-34-18-28(40)37-26/h1-5,7-8,10-11,16,18,21,24H,6,9,12-15,17,19-20H2,(H,35,42)(H,36,44). The lowest BCUT2D eigenvalue weighted by Gasteiger charge is -2.36. The summed E-state index contributed by atoms with van der Waals surface area (Å²) in [5, 5.41) is 5.42. The number of cyclic esters (lactones) is 1. The first-order valence-corrected chi connectivity index (χ1v) is 15.0. The number of imidazole rings is 1. The lowest BCUT2D eigenvalue weighted by Crippen LogP contribution is -2.51. The van der Waals surface area contributed by atoms with Crippen LogP contribution in [0.1, 0.15) is 22.5 Å². The van der Waals surface area contributed by atoms with Crippen LogP contribution in [0.4, 0.5) is 20.6 Å². The van der Waals surface area contributed by atoms with Gasteiger partial charge in [-0.1, -0.05) is 30.3 Å². The third-order valence-corrected chi connectivity index (χ3v) is 8.00. The fourth-order valence-electron chi connectivity index (χ4n) is 5.48. The first-order chi connectivity index (χ1) is 22.3. The molecule has 2 fully saturated rings. The number of rotatable bonds is 10. The molecule has 14 heteroatoms. The van der Waals surface area contributed by atoms with Crippen LogP contribution < -0.4 is 20.4 Å². The molecule has 2 N–H and O–H groups in total. The molecule has 1 unspecified atom stereocenters. The van der Waals surface area contributed by atoms with Crippen molar-refractivity contribution in [1.29, 1.82) is 0 Å². The number of halogens is 1. The molecule has 0 saturated carbocycles. The van der Waals surface area contributed by atoms with E-state index in [0.717, 1.165) is 5.56 Å². The van der Waals surface area contributed by atoms with Gasteiger partial charge in [-0.2, -0.15) is 0 Å². The molecule has 2 aromatic carbocycles. The minimum Gasteiger partial charge on any atom is -0.442 e. The van der Waals surface area contributed by atoms with Gasteiger partial charge in [-0.25, -0.2) is 14.2 Å². The van der Waals surface area contributed by atoms with Gasteiger partial charge in [0.05, 0.1) is 37.2 Å². The fraction of sp³-hybridized carbons (Fsp3) is 0.312. The van der Waals surface area contributed by atoms with E-state index in [1.54, 1.807) is 40.0 Å². The minimum atomic E-state index is -0.604. The van der Waals surface area contributed by atoms with Crippen LogP contribution in [-0.4, -0.2) is 95.0 Å². The average molecular weight is 629 g/mol. The molecular formula is C32H33FN8O5. The quantitative estimate of drug-likeness (QED) is 0.272. The molecule has 4 amide bonds. The van der Waals surface area contributed by atoms with Crippen LogP contribution in [0.5, 0.6) is 0 Å². The molecule has 0 bridgehead atoms. The van der Waals surface area contributed by atoms with E-state index >= 15 is 4.39 Å². The van der Waals surface area contributed by atoms with Gasteiger partial charge in [-0.3, -0.25) is 24.3 Å². The number of nitrogens with zero attached hydrogens (tertiary/aromatic N) is 6. The smallest absolute Gasteiger partial charge is 0.414 e. The Bertz CT molecular complexity index is 1710. The molecule has 2 saturated heterocycles. The van der Waals surface area contributed by atoms with Crippen molar-refractivity contribution < 1.29 is 28.3 Å². The number of aryl methyl sites for hydroxylation is 1. The van der Waals surface area contributed by atoms with Gasteiger partial charge >= 0.3 is 6.09 Å². The Labute approximate surface area is 264 Å². The molecule has 4 heterocycles. The topological polar surface area (TPSA) is 141 Å². The molecule has 4 aromatic rings. The second-order valence-corrected chi connectivity index (χ2v) is 11.1. The number of ether oxygens (including phenoxy) is 1. The highest BCUT2D eigenvalue weighted by Crippen LogP contribution is 2.28. The Kier molecular flexibility index (Phi) is 9.03. The van der Waals surface area contributed by atoms with Gasteiger partial charge in [-0.05, 0) is 30.2 Å². The summed E-state index contributed by atoms with van der Waals surface area (Å²) in [4.78, 5) is 63.0. The average Bonchev–Trinajstić information content (AvgIpc) is 3.69. The van der Waals surface area contributed by atoms with Crippen molar-refractivity contribution in [3.63, 3.8) is 0 Å². The zero-order valence-corrected chi connectivity index (χ0v) is 25.0. The summed E-state index contributed by atoms with van der Waals surface area (Å²) in [6.45, 7) is 1.67. The van der Waals surface area contributed by atoms with Gasteiger partial charge < -0.3 is 29.6 Å². The van der Waals surface area contributed by atoms with E-state index in [1.807, 2.05) is 35.2 Å². The summed E-state index contributed by atoms with van der Waals surface area (Å²) in [6.07, 6.45) is 6.13. The van der Waals surface area contributed by atoms with E-state index in [9.17, 15) is 19.2 Å². The Balaban J connectivity index is 0.951. The number of nitrogens with one attached hydrogen (secondary N) is 2. The van der Waals surface area contributed by atoms with E-state index in [1.165, 1.54) is 17.2 Å². The number of fused-ring (bicyclic) bond motifs is 1. The van der Waals surface area contributed by atoms with Crippen molar-refractivity contribution in [2.24, 2.45) is 0 Å². The highest BCUT2D eigenvalue weighted by atomic mass is 19.1. The van der Waals surface area contributed by atoms with Crippen LogP contribution in [0.15, 0.2) is 73.3 Å². The molecule has 46 heavy (non-hydrogen) atoms. The molecule has 6 rings (SSSR count). The van der Waals surface area contributed by atoms with Crippen molar-refractivity contribution in [3.05, 3.63) is 90.4 Å². The minimum absolute atomic E-state index is 0.138. The molecular weight excluding hydrogens is 595 g/mol. The number of carbonyl (C=O) groups excluding carboxylic acids is 4. The molecule has 2 aromatic heterocycles. The second kappa shape index (κ2) is 13.6. The zero-order chi connectivity index (χ0) is 32.0. The van der Waals surface area contributed by atoms with E-state index in [0.29, 0.717) is 56.0 Å². The van der Waals surface area contributed by atoms with E-state index < -0.39 is 23.9 Å². The molecule has 0 aliphatic carbocycles. The number of carbonyl (C=O) groups is 4. The molecule has 1 atom stereocenters. The third-order valence-electron chi connectivity index (χ3n) is 8.00. The predicted octanol–water partition coefficient (Wildman–Crippen LogP) is 2.02. The molecule has 238 valence electrons. The van der Waals surface area contributed by atoms with Gasteiger partial charge in [0.15, 0.2) is 5.65 Å². The predicted molar refractivity (Wildman–Crippen MR) is 166 cm³/mol. The van der Waals surface area contributed by atoms with Crippen molar-refractivity contribution >= 4 is 40.8 Å². The molecule has 0 spiro atoms. The molecule has 2 aliphatic heterocycles. The number of hydrogen-bond donors (Lipinski definition) is 2. The van der Waals surface area contributed by atoms with Gasteiger partial charge in [0.1, 0.15) is 17.6 Å². The first kappa shape index (κ1) is 30.5. The maximum Gasteiger partial charge on any atom is 0.414 e. The van der Waals surface area contributed by atoms with Crippen LogP contribution >= 0.6 is 0 Å². The van der Waals surface area contributed by atoms with Gasteiger partial charge in [0.2, 0.25) is 11.8 Å². The number of aromatic nitrogens is 3. The molecule has 13 nitrogen and oxygen atoms in total. The Hall–Kier alpha value is -5.53. The Morgan fingerprint density at radius 3 is 2.59 bits per heavy atom. The van der Waals surface area contributed by atoms with Crippen molar-refractivity contribution in [2.45, 2.75) is 18.9 Å². The molecule has 2 aliphatic rings. The maximum absolute atomic E-state index is 15.3. The van der Waals surface area contributed by atoms with Crippen molar-refractivity contribution in [1.82, 2.24) is 29.9 Å². The number of hydrogen-bond acceptors (Lipinski definition) is 8. The molecule has 0 radical (unpaired) electrons. The van der Waals surface area contributed by atoms with Crippen LogP contribution in [0.25, 0.3) is 5.65 Å². The summed E-state index contributed by atoms with van der Waals surface area (Å²) < 4.78 is 22.3. The Morgan fingerprint density at radius 1 is 1.02 bits per heavy atom. The van der Waals surface area contributed by atoms with Crippen LogP contribution in [0, 0.1) is 5.82 Å². The van der Waals surface area contributed by atoms with Crippen molar-refractivity contribution in [2.75, 3.05) is 55.6 Å². The largest absolute Gasteiger partial charge is 0.442 e. The van der Waals surface area contributed by atoms with Crippen molar-refractivity contribution in [3.8, 4) is 0 Å². The second-order valence-electron chi connectivity index (χ2n) is 11.1. The van der Waals surface area contributed by atoms with Crippen LogP contribution in [0.3, 0.4) is 0 Å². The third kappa shape index (κ3) is 7.06. The van der Waals surface area contributed by atoms with E-state index in [2.05, 4.69) is 20.6 Å². The van der Waals surface area contributed by atoms with Gasteiger partial charge in [0, 0.05) is 51.2 Å². The van der Waals surface area contributed by atoms with Gasteiger partial charge in [-0.15, -0.1) is 0 Å².